The van der Waals surface area contributed by atoms with Crippen LogP contribution in [0.5, 0.6) is 0 Å². The number of nitrogens with one attached hydrogen (secondary N) is 3. The van der Waals surface area contributed by atoms with Crippen LogP contribution in [0.3, 0.4) is 0 Å². The van der Waals surface area contributed by atoms with Crippen LogP contribution in [0.2, 0.25) is 0 Å². The van der Waals surface area contributed by atoms with Gasteiger partial charge < -0.3 is 11.1 Å². The smallest absolute Gasteiger partial charge is 0.272 e. The van der Waals surface area contributed by atoms with E-state index in [2.05, 4.69) is 26.1 Å². The number of halogens is 3. The van der Waals surface area contributed by atoms with Gasteiger partial charge in [0, 0.05) is 6.07 Å². The Morgan fingerprint density at radius 3 is 2.48 bits per heavy atom. The molecule has 3 aromatic rings. The summed E-state index contributed by atoms with van der Waals surface area (Å²) < 4.78 is 40.6. The van der Waals surface area contributed by atoms with Crippen molar-refractivity contribution in [2.45, 2.75) is 0 Å². The van der Waals surface area contributed by atoms with Crippen LogP contribution in [-0.4, -0.2) is 15.9 Å². The van der Waals surface area contributed by atoms with Gasteiger partial charge in [0.15, 0.2) is 11.6 Å². The van der Waals surface area contributed by atoms with Gasteiger partial charge in [-0.25, -0.2) is 23.1 Å². The summed E-state index contributed by atoms with van der Waals surface area (Å²) in [7, 11) is 0. The van der Waals surface area contributed by atoms with Crippen LogP contribution >= 0.6 is 0 Å². The minimum Gasteiger partial charge on any atom is -0.393 e. The van der Waals surface area contributed by atoms with E-state index in [4.69, 9.17) is 5.73 Å². The first kappa shape index (κ1) is 18.0. The molecule has 0 aliphatic rings. The van der Waals surface area contributed by atoms with Gasteiger partial charge in [-0.1, -0.05) is 12.1 Å². The van der Waals surface area contributed by atoms with Gasteiger partial charge in [-0.05, 0) is 24.3 Å². The molecule has 0 saturated carbocycles. The Labute approximate surface area is 151 Å². The Morgan fingerprint density at radius 1 is 0.963 bits per heavy atom. The number of rotatable bonds is 5. The highest BCUT2D eigenvalue weighted by Gasteiger charge is 2.14. The van der Waals surface area contributed by atoms with Gasteiger partial charge in [-0.15, -0.1) is 0 Å². The third-order valence-electron chi connectivity index (χ3n) is 3.48. The van der Waals surface area contributed by atoms with E-state index in [1.54, 1.807) is 0 Å². The number of carbonyl (C=O) groups excluding carboxylic acids is 1. The topological polar surface area (TPSA) is 105 Å². The molecule has 138 valence electrons. The van der Waals surface area contributed by atoms with Crippen LogP contribution in [-0.2, 0) is 0 Å². The Hall–Kier alpha value is -3.82. The first-order valence-corrected chi connectivity index (χ1v) is 7.59. The number of hydrogen-bond acceptors (Lipinski definition) is 6. The molecular weight excluding hydrogens is 361 g/mol. The molecule has 0 unspecified atom stereocenters. The van der Waals surface area contributed by atoms with Gasteiger partial charge in [-0.2, -0.15) is 0 Å². The van der Waals surface area contributed by atoms with Crippen LogP contribution in [0, 0.1) is 17.5 Å². The van der Waals surface area contributed by atoms with Gasteiger partial charge in [-0.3, -0.25) is 15.6 Å². The number of nitrogens with two attached hydrogens (primary N) is 1. The molecule has 10 heteroatoms. The quantitative estimate of drug-likeness (QED) is 0.512. The first-order chi connectivity index (χ1) is 13.0. The predicted octanol–water partition coefficient (Wildman–Crippen LogP) is 2.98. The van der Waals surface area contributed by atoms with Crippen LogP contribution < -0.4 is 21.9 Å². The fraction of sp³-hybridized carbons (Fsp3) is 0. The minimum atomic E-state index is -0.753. The highest BCUT2D eigenvalue weighted by Crippen LogP contribution is 2.27. The number of nitrogens with zero attached hydrogens (tertiary/aromatic N) is 2. The van der Waals surface area contributed by atoms with E-state index in [-0.39, 0.29) is 28.6 Å². The number of anilines is 4. The van der Waals surface area contributed by atoms with Crippen molar-refractivity contribution in [3.63, 3.8) is 0 Å². The average molecular weight is 374 g/mol. The number of hydrazine groups is 1. The standard InChI is InChI=1S/C17H13F3N6O/c18-9-5-6-12(20)13(7-9)24-15-14(21)16(23-8-22-15)25-26-17(27)10-3-1-2-4-11(10)19/h1-8H,21H2,(H,26,27)(H2,22,23,24,25). The minimum absolute atomic E-state index is 0.0165. The fourth-order valence-corrected chi connectivity index (χ4v) is 2.14. The molecule has 0 saturated heterocycles. The number of benzene rings is 2. The van der Waals surface area contributed by atoms with Crippen molar-refractivity contribution in [1.29, 1.82) is 0 Å². The van der Waals surface area contributed by atoms with Gasteiger partial charge in [0.1, 0.15) is 29.5 Å². The van der Waals surface area contributed by atoms with Crippen LogP contribution in [0.4, 0.5) is 36.2 Å². The number of nitrogen functional groups attached to an aromatic ring is 1. The second kappa shape index (κ2) is 7.60. The van der Waals surface area contributed by atoms with E-state index in [0.717, 1.165) is 30.6 Å². The third kappa shape index (κ3) is 4.06. The molecule has 27 heavy (non-hydrogen) atoms. The summed E-state index contributed by atoms with van der Waals surface area (Å²) in [6.45, 7) is 0. The molecule has 1 aromatic heterocycles. The van der Waals surface area contributed by atoms with Gasteiger partial charge in [0.05, 0.1) is 11.3 Å². The number of amides is 1. The van der Waals surface area contributed by atoms with Crippen molar-refractivity contribution in [2.75, 3.05) is 16.5 Å². The van der Waals surface area contributed by atoms with Gasteiger partial charge in [0.25, 0.3) is 5.91 Å². The van der Waals surface area contributed by atoms with E-state index < -0.39 is 23.4 Å². The molecule has 0 spiro atoms. The predicted molar refractivity (Wildman–Crippen MR) is 93.6 cm³/mol. The molecule has 0 radical (unpaired) electrons. The summed E-state index contributed by atoms with van der Waals surface area (Å²) in [6.07, 6.45) is 1.09. The van der Waals surface area contributed by atoms with Crippen LogP contribution in [0.1, 0.15) is 10.4 Å². The second-order valence-corrected chi connectivity index (χ2v) is 5.29. The van der Waals surface area contributed by atoms with Crippen molar-refractivity contribution in [3.05, 3.63) is 71.8 Å². The molecule has 0 fully saturated rings. The summed E-state index contributed by atoms with van der Waals surface area (Å²) in [5, 5.41) is 2.55. The van der Waals surface area contributed by atoms with E-state index in [1.807, 2.05) is 0 Å². The number of aromatic nitrogens is 2. The van der Waals surface area contributed by atoms with E-state index in [9.17, 15) is 18.0 Å². The van der Waals surface area contributed by atoms with E-state index in [1.165, 1.54) is 18.2 Å². The maximum Gasteiger partial charge on any atom is 0.272 e. The molecule has 3 rings (SSSR count). The summed E-state index contributed by atoms with van der Waals surface area (Å²) in [5.41, 5.74) is 10.1. The summed E-state index contributed by atoms with van der Waals surface area (Å²) >= 11 is 0. The Bertz CT molecular complexity index is 998. The average Bonchev–Trinajstić information content (AvgIpc) is 2.65. The van der Waals surface area contributed by atoms with E-state index >= 15 is 0 Å². The Kier molecular flexibility index (Phi) is 5.06. The molecule has 1 heterocycles. The van der Waals surface area contributed by atoms with Crippen molar-refractivity contribution < 1.29 is 18.0 Å². The van der Waals surface area contributed by atoms with Crippen molar-refractivity contribution in [3.8, 4) is 0 Å². The van der Waals surface area contributed by atoms with Crippen LogP contribution in [0.15, 0.2) is 48.8 Å². The Balaban J connectivity index is 1.76. The lowest BCUT2D eigenvalue weighted by molar-refractivity contribution is 0.0958. The highest BCUT2D eigenvalue weighted by atomic mass is 19.1. The van der Waals surface area contributed by atoms with E-state index in [0.29, 0.717) is 0 Å². The third-order valence-corrected chi connectivity index (χ3v) is 3.48. The summed E-state index contributed by atoms with van der Waals surface area (Å²) in [6, 6.07) is 8.25. The maximum absolute atomic E-state index is 13.7. The van der Waals surface area contributed by atoms with Gasteiger partial charge in [0.2, 0.25) is 0 Å². The zero-order valence-corrected chi connectivity index (χ0v) is 13.6. The number of hydrogen-bond donors (Lipinski definition) is 4. The zero-order valence-electron chi connectivity index (χ0n) is 13.6. The molecule has 0 aliphatic carbocycles. The maximum atomic E-state index is 13.7. The zero-order chi connectivity index (χ0) is 19.4. The molecule has 1 amide bonds. The first-order valence-electron chi connectivity index (χ1n) is 7.59. The van der Waals surface area contributed by atoms with Gasteiger partial charge >= 0.3 is 0 Å². The number of carbonyl (C=O) groups is 1. The lowest BCUT2D eigenvalue weighted by atomic mass is 10.2. The summed E-state index contributed by atoms with van der Waals surface area (Å²) in [5.74, 6) is -2.85. The molecule has 2 aromatic carbocycles. The highest BCUT2D eigenvalue weighted by molar-refractivity contribution is 5.95. The largest absolute Gasteiger partial charge is 0.393 e. The molecule has 0 aliphatic heterocycles. The monoisotopic (exact) mass is 374 g/mol. The molecule has 7 nitrogen and oxygen atoms in total. The van der Waals surface area contributed by atoms with Crippen molar-refractivity contribution in [1.82, 2.24) is 15.4 Å². The molecule has 0 bridgehead atoms. The molecule has 5 N–H and O–H groups in total. The normalized spacial score (nSPS) is 10.3. The van der Waals surface area contributed by atoms with Crippen molar-refractivity contribution >= 4 is 28.9 Å². The molecule has 0 atom stereocenters. The SMILES string of the molecule is Nc1c(NNC(=O)c2ccccc2F)ncnc1Nc1cc(F)ccc1F. The van der Waals surface area contributed by atoms with Crippen molar-refractivity contribution in [2.24, 2.45) is 0 Å². The Morgan fingerprint density at radius 2 is 1.70 bits per heavy atom. The lowest BCUT2D eigenvalue weighted by Gasteiger charge is -2.13. The summed E-state index contributed by atoms with van der Waals surface area (Å²) in [4.78, 5) is 19.7. The fourth-order valence-electron chi connectivity index (χ4n) is 2.14. The molecular formula is C17H13F3N6O. The van der Waals surface area contributed by atoms with Crippen LogP contribution in [0.25, 0.3) is 0 Å². The lowest BCUT2D eigenvalue weighted by Crippen LogP contribution is -2.31. The second-order valence-electron chi connectivity index (χ2n) is 5.29.